The second kappa shape index (κ2) is 7.02. The van der Waals surface area contributed by atoms with Crippen LogP contribution in [0.3, 0.4) is 0 Å². The van der Waals surface area contributed by atoms with Crippen LogP contribution >= 0.6 is 11.3 Å². The highest BCUT2D eigenvalue weighted by Gasteiger charge is 2.01. The monoisotopic (exact) mass is 294 g/mol. The molecule has 0 spiro atoms. The Kier molecular flexibility index (Phi) is 5.09. The van der Waals surface area contributed by atoms with Gasteiger partial charge in [-0.1, -0.05) is 72.3 Å². The molecular formula is C19H18OS. The third-order valence-corrected chi connectivity index (χ3v) is 4.38. The summed E-state index contributed by atoms with van der Waals surface area (Å²) in [5.74, 6) is 0. The molecule has 4 aromatic rings. The van der Waals surface area contributed by atoms with Gasteiger partial charge in [0.25, 0.3) is 0 Å². The molecule has 3 aromatic carbocycles. The first-order valence-electron chi connectivity index (χ1n) is 6.72. The van der Waals surface area contributed by atoms with Crippen LogP contribution in [0.25, 0.3) is 20.2 Å². The number of hydrogen-bond donors (Lipinski definition) is 0. The van der Waals surface area contributed by atoms with E-state index in [0.29, 0.717) is 0 Å². The molecule has 4 rings (SSSR count). The minimum Gasteiger partial charge on any atom is -0.412 e. The highest BCUT2D eigenvalue weighted by molar-refractivity contribution is 7.25. The van der Waals surface area contributed by atoms with Crippen molar-refractivity contribution >= 4 is 31.5 Å². The van der Waals surface area contributed by atoms with E-state index < -0.39 is 0 Å². The van der Waals surface area contributed by atoms with Gasteiger partial charge in [0.2, 0.25) is 0 Å². The van der Waals surface area contributed by atoms with Gasteiger partial charge in [-0.15, -0.1) is 11.3 Å². The van der Waals surface area contributed by atoms with Crippen LogP contribution < -0.4 is 0 Å². The number of fused-ring (bicyclic) bond motifs is 3. The molecule has 0 atom stereocenters. The van der Waals surface area contributed by atoms with Crippen LogP contribution in [0.15, 0.2) is 78.9 Å². The molecule has 0 saturated heterocycles. The van der Waals surface area contributed by atoms with Crippen LogP contribution in [0.5, 0.6) is 0 Å². The Morgan fingerprint density at radius 3 is 1.43 bits per heavy atom. The summed E-state index contributed by atoms with van der Waals surface area (Å²) in [7, 11) is 0. The van der Waals surface area contributed by atoms with Gasteiger partial charge in [-0.3, -0.25) is 0 Å². The van der Waals surface area contributed by atoms with E-state index in [0.717, 1.165) is 0 Å². The maximum absolute atomic E-state index is 2.19. The zero-order valence-corrected chi connectivity index (χ0v) is 12.7. The lowest BCUT2D eigenvalue weighted by molar-refractivity contribution is 0.824. The highest BCUT2D eigenvalue weighted by atomic mass is 32.1. The van der Waals surface area contributed by atoms with Crippen molar-refractivity contribution in [2.45, 2.75) is 6.92 Å². The van der Waals surface area contributed by atoms with Crippen molar-refractivity contribution in [3.05, 3.63) is 84.4 Å². The summed E-state index contributed by atoms with van der Waals surface area (Å²) in [6.07, 6.45) is 0. The molecule has 0 aliphatic carbocycles. The smallest absolute Gasteiger partial charge is 0.0355 e. The standard InChI is InChI=1S/C12H8S.C7H8.H2O/c1-3-7-11-9(5-1)10-6-2-4-8-12(10)13-11;1-7-5-3-2-4-6-7;/h1-8H;2-6H,1H3;1H2. The fourth-order valence-corrected chi connectivity index (χ4v) is 3.32. The second-order valence-corrected chi connectivity index (χ2v) is 5.83. The molecule has 0 unspecified atom stereocenters. The molecule has 0 amide bonds. The predicted molar refractivity (Wildman–Crippen MR) is 94.1 cm³/mol. The molecule has 0 aliphatic heterocycles. The first kappa shape index (κ1) is 15.2. The first-order chi connectivity index (χ1) is 9.84. The maximum Gasteiger partial charge on any atom is 0.0355 e. The third-order valence-electron chi connectivity index (χ3n) is 3.22. The van der Waals surface area contributed by atoms with Crippen molar-refractivity contribution in [2.24, 2.45) is 0 Å². The number of rotatable bonds is 0. The van der Waals surface area contributed by atoms with Crippen molar-refractivity contribution in [3.8, 4) is 0 Å². The van der Waals surface area contributed by atoms with Gasteiger partial charge in [-0.2, -0.15) is 0 Å². The van der Waals surface area contributed by atoms with Crippen molar-refractivity contribution in [2.75, 3.05) is 0 Å². The van der Waals surface area contributed by atoms with E-state index in [1.54, 1.807) is 0 Å². The number of thiophene rings is 1. The van der Waals surface area contributed by atoms with Crippen molar-refractivity contribution < 1.29 is 5.48 Å². The molecule has 0 fully saturated rings. The maximum atomic E-state index is 2.19. The third kappa shape index (κ3) is 3.48. The summed E-state index contributed by atoms with van der Waals surface area (Å²) in [5.41, 5.74) is 1.32. The molecule has 21 heavy (non-hydrogen) atoms. The highest BCUT2D eigenvalue weighted by Crippen LogP contribution is 2.32. The topological polar surface area (TPSA) is 31.5 Å². The van der Waals surface area contributed by atoms with Crippen LogP contribution in [0.4, 0.5) is 0 Å². The average Bonchev–Trinajstić information content (AvgIpc) is 2.87. The Morgan fingerprint density at radius 1 is 0.571 bits per heavy atom. The summed E-state index contributed by atoms with van der Waals surface area (Å²) < 4.78 is 2.76. The Bertz CT molecular complexity index is 768. The molecule has 1 nitrogen and oxygen atoms in total. The quantitative estimate of drug-likeness (QED) is 0.425. The Balaban J connectivity index is 0.000000174. The van der Waals surface area contributed by atoms with Gasteiger partial charge in [-0.05, 0) is 19.1 Å². The minimum absolute atomic E-state index is 0. The van der Waals surface area contributed by atoms with Crippen molar-refractivity contribution in [3.63, 3.8) is 0 Å². The van der Waals surface area contributed by atoms with Crippen LogP contribution in [-0.4, -0.2) is 5.48 Å². The molecule has 106 valence electrons. The number of aryl methyl sites for hydroxylation is 1. The molecule has 0 radical (unpaired) electrons. The zero-order valence-electron chi connectivity index (χ0n) is 11.9. The van der Waals surface area contributed by atoms with E-state index in [1.807, 2.05) is 29.5 Å². The number of hydrogen-bond acceptors (Lipinski definition) is 1. The van der Waals surface area contributed by atoms with E-state index in [9.17, 15) is 0 Å². The zero-order chi connectivity index (χ0) is 13.8. The molecule has 2 heteroatoms. The Labute approximate surface area is 128 Å². The van der Waals surface area contributed by atoms with Gasteiger partial charge in [0.05, 0.1) is 0 Å². The van der Waals surface area contributed by atoms with Gasteiger partial charge in [0.15, 0.2) is 0 Å². The van der Waals surface area contributed by atoms with E-state index in [1.165, 1.54) is 25.7 Å². The molecule has 0 bridgehead atoms. The Morgan fingerprint density at radius 2 is 1.00 bits per heavy atom. The second-order valence-electron chi connectivity index (χ2n) is 4.75. The summed E-state index contributed by atoms with van der Waals surface area (Å²) in [6.45, 7) is 2.08. The van der Waals surface area contributed by atoms with Gasteiger partial charge in [-0.25, -0.2) is 0 Å². The summed E-state index contributed by atoms with van der Waals surface area (Å²) in [6, 6.07) is 27.4. The minimum atomic E-state index is 0. The fourth-order valence-electron chi connectivity index (χ4n) is 2.21. The van der Waals surface area contributed by atoms with E-state index in [-0.39, 0.29) is 5.48 Å². The molecule has 1 aromatic heterocycles. The van der Waals surface area contributed by atoms with Crippen LogP contribution in [-0.2, 0) is 0 Å². The van der Waals surface area contributed by atoms with Crippen LogP contribution in [0.2, 0.25) is 0 Å². The normalized spacial score (nSPS) is 9.76. The van der Waals surface area contributed by atoms with E-state index in [2.05, 4.69) is 67.6 Å². The molecule has 0 saturated carbocycles. The average molecular weight is 294 g/mol. The van der Waals surface area contributed by atoms with Crippen molar-refractivity contribution in [1.82, 2.24) is 0 Å². The lowest BCUT2D eigenvalue weighted by Crippen LogP contribution is -1.62. The number of benzene rings is 3. The molecule has 0 aliphatic rings. The first-order valence-corrected chi connectivity index (χ1v) is 7.54. The van der Waals surface area contributed by atoms with Gasteiger partial charge >= 0.3 is 0 Å². The fraction of sp³-hybridized carbons (Fsp3) is 0.0526. The summed E-state index contributed by atoms with van der Waals surface area (Å²) >= 11 is 1.86. The van der Waals surface area contributed by atoms with Crippen LogP contribution in [0.1, 0.15) is 5.56 Å². The molecular weight excluding hydrogens is 276 g/mol. The van der Waals surface area contributed by atoms with Gasteiger partial charge < -0.3 is 5.48 Å². The van der Waals surface area contributed by atoms with Gasteiger partial charge in [0, 0.05) is 20.2 Å². The molecule has 1 heterocycles. The Hall–Kier alpha value is -2.16. The van der Waals surface area contributed by atoms with Crippen molar-refractivity contribution in [1.29, 1.82) is 0 Å². The van der Waals surface area contributed by atoms with Crippen LogP contribution in [0, 0.1) is 6.92 Å². The predicted octanol–water partition coefficient (Wildman–Crippen LogP) is 5.22. The lowest BCUT2D eigenvalue weighted by atomic mass is 10.2. The van der Waals surface area contributed by atoms with E-state index >= 15 is 0 Å². The summed E-state index contributed by atoms with van der Waals surface area (Å²) in [5, 5.41) is 2.76. The van der Waals surface area contributed by atoms with E-state index in [4.69, 9.17) is 0 Å². The van der Waals surface area contributed by atoms with Gasteiger partial charge in [0.1, 0.15) is 0 Å². The SMILES string of the molecule is Cc1ccccc1.O.c1ccc2c(c1)sc1ccccc12. The lowest BCUT2D eigenvalue weighted by Gasteiger charge is -1.88. The summed E-state index contributed by atoms with van der Waals surface area (Å²) in [4.78, 5) is 0. The molecule has 2 N–H and O–H groups in total. The largest absolute Gasteiger partial charge is 0.412 e.